The fourth-order valence-electron chi connectivity index (χ4n) is 5.82. The molecule has 0 bridgehead atoms. The van der Waals surface area contributed by atoms with Gasteiger partial charge in [0.25, 0.3) is 0 Å². The summed E-state index contributed by atoms with van der Waals surface area (Å²) >= 11 is 0. The van der Waals surface area contributed by atoms with Crippen LogP contribution in [0.1, 0.15) is 62.7 Å². The van der Waals surface area contributed by atoms with E-state index in [1.165, 1.54) is 43.5 Å². The molecule has 0 saturated carbocycles. The van der Waals surface area contributed by atoms with Gasteiger partial charge in [-0.25, -0.2) is 9.59 Å². The van der Waals surface area contributed by atoms with Crippen molar-refractivity contribution in [2.24, 2.45) is 11.8 Å². The lowest BCUT2D eigenvalue weighted by molar-refractivity contribution is -0.151. The van der Waals surface area contributed by atoms with E-state index in [-0.39, 0.29) is 23.3 Å². The monoisotopic (exact) mass is 616 g/mol. The number of likely N-dealkylation sites (tertiary alicyclic amines) is 2. The molecule has 2 amide bonds. The van der Waals surface area contributed by atoms with E-state index >= 15 is 0 Å². The number of phenols is 2. The van der Waals surface area contributed by atoms with Crippen LogP contribution in [0.25, 0.3) is 0 Å². The number of benzene rings is 2. The summed E-state index contributed by atoms with van der Waals surface area (Å²) in [5.41, 5.74) is 1.06. The van der Waals surface area contributed by atoms with Gasteiger partial charge in [-0.3, -0.25) is 9.59 Å². The lowest BCUT2D eigenvalue weighted by Gasteiger charge is -2.31. The molecule has 0 aromatic heterocycles. The number of carbonyl (C=O) groups excluding carboxylic acids is 2. The maximum absolute atomic E-state index is 13.5. The number of carboxylic acids is 2. The van der Waals surface area contributed by atoms with Crippen molar-refractivity contribution in [3.63, 3.8) is 0 Å². The molecule has 2 aliphatic rings. The molecule has 12 heteroatoms. The summed E-state index contributed by atoms with van der Waals surface area (Å²) in [6, 6.07) is 10.3. The molecule has 2 fully saturated rings. The first-order chi connectivity index (χ1) is 20.0. The van der Waals surface area contributed by atoms with Gasteiger partial charge in [-0.15, -0.1) is 0 Å². The Bertz CT molecular complexity index is 1220. The molecule has 4 rings (SSSR count). The molecular weight excluding hydrogens is 580 g/mol. The van der Waals surface area contributed by atoms with Crippen LogP contribution in [0.2, 0.25) is 0 Å². The Morgan fingerprint density at radius 2 is 1.05 bits per heavy atom. The zero-order valence-electron chi connectivity index (χ0n) is 23.5. The standard InChI is InChI=1S/C30H36N2O8S2/c1-17(27(35)31-21(11-13-23(31)29(37)38)19-7-3-5-9-25(19)33)15-41-42-16-18(2)28(36)32-22(12-14-24(32)30(39)40)20-8-4-6-10-26(20)34/h3-10,17-18,21-24,33-34H,11-16H2,1-2H3,(H,37,38)(H,39,40)/t17-,18-,21?,22?,23?,24?/m1/s1. The fourth-order valence-corrected chi connectivity index (χ4v) is 8.51. The second-order valence-electron chi connectivity index (χ2n) is 10.9. The van der Waals surface area contributed by atoms with E-state index in [0.717, 1.165) is 0 Å². The number of amides is 2. The maximum Gasteiger partial charge on any atom is 0.326 e. The van der Waals surface area contributed by atoms with Crippen LogP contribution in [0.5, 0.6) is 11.5 Å². The van der Waals surface area contributed by atoms with Crippen LogP contribution in [0, 0.1) is 11.8 Å². The third kappa shape index (κ3) is 6.64. The van der Waals surface area contributed by atoms with Gasteiger partial charge in [-0.2, -0.15) is 0 Å². The van der Waals surface area contributed by atoms with Crippen LogP contribution in [0.15, 0.2) is 48.5 Å². The van der Waals surface area contributed by atoms with E-state index in [1.807, 2.05) is 0 Å². The number of rotatable bonds is 11. The van der Waals surface area contributed by atoms with Gasteiger partial charge in [-0.05, 0) is 37.8 Å². The van der Waals surface area contributed by atoms with Gasteiger partial charge in [-0.1, -0.05) is 71.8 Å². The summed E-state index contributed by atoms with van der Waals surface area (Å²) in [5.74, 6) is -2.99. The van der Waals surface area contributed by atoms with Crippen LogP contribution >= 0.6 is 21.6 Å². The third-order valence-corrected chi connectivity index (χ3v) is 10.8. The van der Waals surface area contributed by atoms with Gasteiger partial charge < -0.3 is 30.2 Å². The van der Waals surface area contributed by atoms with E-state index in [0.29, 0.717) is 48.3 Å². The summed E-state index contributed by atoms with van der Waals surface area (Å²) < 4.78 is 0. The number of aromatic hydroxyl groups is 2. The zero-order valence-corrected chi connectivity index (χ0v) is 25.1. The Morgan fingerprint density at radius 1 is 0.690 bits per heavy atom. The minimum absolute atomic E-state index is 0.0235. The smallest absolute Gasteiger partial charge is 0.326 e. The Morgan fingerprint density at radius 3 is 1.38 bits per heavy atom. The topological polar surface area (TPSA) is 156 Å². The van der Waals surface area contributed by atoms with Gasteiger partial charge in [0.15, 0.2) is 0 Å². The molecule has 2 heterocycles. The molecular formula is C30H36N2O8S2. The number of hydrogen-bond acceptors (Lipinski definition) is 8. The van der Waals surface area contributed by atoms with E-state index in [2.05, 4.69) is 0 Å². The quantitative estimate of drug-likeness (QED) is 0.206. The predicted molar refractivity (Wildman–Crippen MR) is 160 cm³/mol. The lowest BCUT2D eigenvalue weighted by Crippen LogP contribution is -2.44. The van der Waals surface area contributed by atoms with Gasteiger partial charge in [0, 0.05) is 34.5 Å². The molecule has 42 heavy (non-hydrogen) atoms. The largest absolute Gasteiger partial charge is 0.508 e. The van der Waals surface area contributed by atoms with Crippen molar-refractivity contribution in [2.75, 3.05) is 11.5 Å². The number of para-hydroxylation sites is 2. The minimum Gasteiger partial charge on any atom is -0.508 e. The molecule has 226 valence electrons. The number of hydrogen-bond donors (Lipinski definition) is 4. The molecule has 6 atom stereocenters. The van der Waals surface area contributed by atoms with E-state index < -0.39 is 47.9 Å². The SMILES string of the molecule is C[C@H](CSSC[C@@H](C)C(=O)N1C(C(=O)O)CCC1c1ccccc1O)C(=O)N1C(C(=O)O)CCC1c1ccccc1O. The summed E-state index contributed by atoms with van der Waals surface area (Å²) in [5, 5.41) is 40.3. The summed E-state index contributed by atoms with van der Waals surface area (Å²) in [7, 11) is 2.80. The Hall–Kier alpha value is -3.38. The lowest BCUT2D eigenvalue weighted by atomic mass is 10.0. The van der Waals surface area contributed by atoms with Gasteiger partial charge in [0.05, 0.1) is 12.1 Å². The molecule has 2 aromatic rings. The first-order valence-corrected chi connectivity index (χ1v) is 16.4. The molecule has 2 aliphatic heterocycles. The first-order valence-electron chi connectivity index (χ1n) is 13.9. The van der Waals surface area contributed by atoms with Gasteiger partial charge in [0.2, 0.25) is 11.8 Å². The van der Waals surface area contributed by atoms with Gasteiger partial charge in [0.1, 0.15) is 23.6 Å². The van der Waals surface area contributed by atoms with Crippen molar-refractivity contribution in [3.05, 3.63) is 59.7 Å². The zero-order chi connectivity index (χ0) is 30.6. The highest BCUT2D eigenvalue weighted by molar-refractivity contribution is 8.76. The number of phenolic OH excluding ortho intramolecular Hbond substituents is 2. The van der Waals surface area contributed by atoms with Crippen molar-refractivity contribution >= 4 is 45.3 Å². The van der Waals surface area contributed by atoms with Crippen LogP contribution in [0.4, 0.5) is 0 Å². The third-order valence-electron chi connectivity index (χ3n) is 8.00. The minimum atomic E-state index is -1.08. The van der Waals surface area contributed by atoms with E-state index in [4.69, 9.17) is 0 Å². The van der Waals surface area contributed by atoms with Crippen LogP contribution < -0.4 is 0 Å². The second kappa shape index (κ2) is 13.7. The number of nitrogens with zero attached hydrogens (tertiary/aromatic N) is 2. The van der Waals surface area contributed by atoms with Crippen LogP contribution in [0.3, 0.4) is 0 Å². The average molecular weight is 617 g/mol. The Balaban J connectivity index is 1.36. The van der Waals surface area contributed by atoms with E-state index in [1.54, 1.807) is 50.2 Å². The molecule has 10 nitrogen and oxygen atoms in total. The Labute approximate surface area is 252 Å². The van der Waals surface area contributed by atoms with Crippen molar-refractivity contribution in [1.82, 2.24) is 9.80 Å². The molecule has 0 spiro atoms. The molecule has 4 unspecified atom stereocenters. The van der Waals surface area contributed by atoms with Crippen molar-refractivity contribution in [2.45, 2.75) is 63.7 Å². The van der Waals surface area contributed by atoms with Crippen molar-refractivity contribution < 1.29 is 39.6 Å². The molecule has 0 aliphatic carbocycles. The van der Waals surface area contributed by atoms with Gasteiger partial charge >= 0.3 is 11.9 Å². The number of aliphatic carboxylic acids is 2. The predicted octanol–water partition coefficient (Wildman–Crippen LogP) is 4.69. The summed E-state index contributed by atoms with van der Waals surface area (Å²) in [6.45, 7) is 3.48. The number of carboxylic acid groups (broad SMARTS) is 2. The fraction of sp³-hybridized carbons (Fsp3) is 0.467. The average Bonchev–Trinajstić information content (AvgIpc) is 3.60. The summed E-state index contributed by atoms with van der Waals surface area (Å²) in [6.07, 6.45) is 1.46. The molecule has 4 N–H and O–H groups in total. The highest BCUT2D eigenvalue weighted by atomic mass is 33.1. The molecule has 0 radical (unpaired) electrons. The highest BCUT2D eigenvalue weighted by Gasteiger charge is 2.45. The Kier molecular flexibility index (Phi) is 10.3. The van der Waals surface area contributed by atoms with E-state index in [9.17, 15) is 39.6 Å². The first kappa shape index (κ1) is 31.6. The van der Waals surface area contributed by atoms with Crippen molar-refractivity contribution in [1.29, 1.82) is 0 Å². The normalized spacial score (nSPS) is 23.5. The van der Waals surface area contributed by atoms with Crippen LogP contribution in [-0.2, 0) is 19.2 Å². The highest BCUT2D eigenvalue weighted by Crippen LogP contribution is 2.43. The summed E-state index contributed by atoms with van der Waals surface area (Å²) in [4.78, 5) is 53.7. The number of carbonyl (C=O) groups is 4. The second-order valence-corrected chi connectivity index (χ2v) is 13.4. The van der Waals surface area contributed by atoms with Crippen LogP contribution in [-0.4, -0.2) is 77.6 Å². The molecule has 2 aromatic carbocycles. The van der Waals surface area contributed by atoms with Crippen molar-refractivity contribution in [3.8, 4) is 11.5 Å². The molecule has 2 saturated heterocycles. The maximum atomic E-state index is 13.5.